The first-order valence-corrected chi connectivity index (χ1v) is 4.55. The fraction of sp³-hybridized carbons (Fsp3) is 0.889. The van der Waals surface area contributed by atoms with Gasteiger partial charge in [0, 0.05) is 6.04 Å². The third kappa shape index (κ3) is 2.81. The van der Waals surface area contributed by atoms with Crippen LogP contribution in [0.5, 0.6) is 0 Å². The molecule has 1 heterocycles. The zero-order chi connectivity index (χ0) is 9.14. The molecular weight excluding hydrogens is 154 g/mol. The van der Waals surface area contributed by atoms with Gasteiger partial charge >= 0.3 is 0 Å². The lowest BCUT2D eigenvalue weighted by Gasteiger charge is -2.27. The van der Waals surface area contributed by atoms with E-state index < -0.39 is 6.10 Å². The fourth-order valence-electron chi connectivity index (χ4n) is 1.70. The van der Waals surface area contributed by atoms with Gasteiger partial charge in [-0.1, -0.05) is 13.8 Å². The number of aliphatic hydroxyl groups is 1. The zero-order valence-electron chi connectivity index (χ0n) is 7.71. The van der Waals surface area contributed by atoms with Crippen LogP contribution in [0.2, 0.25) is 0 Å². The lowest BCUT2D eigenvalue weighted by atomic mass is 9.94. The number of nitrogens with one attached hydrogen (secondary N) is 1. The van der Waals surface area contributed by atoms with Gasteiger partial charge in [-0.15, -0.1) is 0 Å². The number of hydrogen-bond acceptors (Lipinski definition) is 2. The van der Waals surface area contributed by atoms with E-state index in [0.717, 1.165) is 6.42 Å². The number of amides is 1. The summed E-state index contributed by atoms with van der Waals surface area (Å²) in [5.41, 5.74) is 0. The highest BCUT2D eigenvalue weighted by molar-refractivity contribution is 5.77. The van der Waals surface area contributed by atoms with E-state index >= 15 is 0 Å². The summed E-state index contributed by atoms with van der Waals surface area (Å²) in [4.78, 5) is 11.0. The summed E-state index contributed by atoms with van der Waals surface area (Å²) in [5.74, 6) is 0.556. The third-order valence-electron chi connectivity index (χ3n) is 2.10. The lowest BCUT2D eigenvalue weighted by Crippen LogP contribution is -2.44. The van der Waals surface area contributed by atoms with Crippen molar-refractivity contribution in [3.8, 4) is 0 Å². The second-order valence-electron chi connectivity index (χ2n) is 3.99. The predicted octanol–water partition coefficient (Wildman–Crippen LogP) is 0.672. The molecule has 0 aromatic rings. The van der Waals surface area contributed by atoms with Gasteiger partial charge in [0.05, 0.1) is 12.5 Å². The number of hydrogen-bond donors (Lipinski definition) is 2. The van der Waals surface area contributed by atoms with Crippen LogP contribution < -0.4 is 5.32 Å². The van der Waals surface area contributed by atoms with Crippen LogP contribution >= 0.6 is 0 Å². The summed E-state index contributed by atoms with van der Waals surface area (Å²) in [7, 11) is 0. The van der Waals surface area contributed by atoms with Gasteiger partial charge in [0.2, 0.25) is 5.91 Å². The maximum atomic E-state index is 11.0. The summed E-state index contributed by atoms with van der Waals surface area (Å²) < 4.78 is 0. The molecule has 1 saturated heterocycles. The summed E-state index contributed by atoms with van der Waals surface area (Å²) in [6, 6.07) is 0.182. The molecule has 1 unspecified atom stereocenters. The Bertz CT molecular complexity index is 166. The number of carbonyl (C=O) groups is 1. The molecule has 3 nitrogen and oxygen atoms in total. The molecule has 0 radical (unpaired) electrons. The molecule has 1 aliphatic rings. The van der Waals surface area contributed by atoms with Crippen molar-refractivity contribution in [1.82, 2.24) is 5.32 Å². The molecule has 12 heavy (non-hydrogen) atoms. The summed E-state index contributed by atoms with van der Waals surface area (Å²) >= 11 is 0. The highest BCUT2D eigenvalue weighted by atomic mass is 16.3. The van der Waals surface area contributed by atoms with Crippen molar-refractivity contribution in [3.05, 3.63) is 0 Å². The van der Waals surface area contributed by atoms with Gasteiger partial charge in [0.25, 0.3) is 0 Å². The van der Waals surface area contributed by atoms with Crippen molar-refractivity contribution < 1.29 is 9.90 Å². The molecule has 0 saturated carbocycles. The molecular formula is C9H17NO2. The van der Waals surface area contributed by atoms with E-state index in [1.54, 1.807) is 0 Å². The number of piperidine rings is 1. The molecule has 0 aliphatic carbocycles. The third-order valence-corrected chi connectivity index (χ3v) is 2.10. The van der Waals surface area contributed by atoms with Crippen LogP contribution in [-0.4, -0.2) is 23.2 Å². The van der Waals surface area contributed by atoms with Crippen LogP contribution in [-0.2, 0) is 4.79 Å². The second kappa shape index (κ2) is 3.90. The SMILES string of the molecule is CC(C)C[C@H]1CC(O)CC(=O)N1. The van der Waals surface area contributed by atoms with E-state index in [1.807, 2.05) is 0 Å². The molecule has 1 aliphatic heterocycles. The summed E-state index contributed by atoms with van der Waals surface area (Å²) in [6.45, 7) is 4.24. The van der Waals surface area contributed by atoms with Crippen molar-refractivity contribution in [2.24, 2.45) is 5.92 Å². The first-order valence-electron chi connectivity index (χ1n) is 4.55. The average molecular weight is 171 g/mol. The van der Waals surface area contributed by atoms with E-state index in [4.69, 9.17) is 0 Å². The van der Waals surface area contributed by atoms with E-state index in [1.165, 1.54) is 0 Å². The summed E-state index contributed by atoms with van der Waals surface area (Å²) in [6.07, 6.45) is 1.52. The van der Waals surface area contributed by atoms with Gasteiger partial charge in [-0.05, 0) is 18.8 Å². The van der Waals surface area contributed by atoms with E-state index in [-0.39, 0.29) is 18.4 Å². The number of rotatable bonds is 2. The number of carbonyl (C=O) groups excluding carboxylic acids is 1. The van der Waals surface area contributed by atoms with Crippen molar-refractivity contribution in [1.29, 1.82) is 0 Å². The Morgan fingerprint density at radius 1 is 1.67 bits per heavy atom. The van der Waals surface area contributed by atoms with E-state index in [2.05, 4.69) is 19.2 Å². The van der Waals surface area contributed by atoms with Gasteiger partial charge in [-0.25, -0.2) is 0 Å². The predicted molar refractivity (Wildman–Crippen MR) is 46.6 cm³/mol. The first kappa shape index (κ1) is 9.52. The minimum absolute atomic E-state index is 0.0144. The molecule has 1 rings (SSSR count). The number of aliphatic hydroxyl groups excluding tert-OH is 1. The maximum absolute atomic E-state index is 11.0. The molecule has 2 atom stereocenters. The zero-order valence-corrected chi connectivity index (χ0v) is 7.71. The molecule has 0 spiro atoms. The van der Waals surface area contributed by atoms with Gasteiger partial charge in [-0.3, -0.25) is 4.79 Å². The Balaban J connectivity index is 2.39. The van der Waals surface area contributed by atoms with Gasteiger partial charge < -0.3 is 10.4 Å². The maximum Gasteiger partial charge on any atom is 0.222 e. The second-order valence-corrected chi connectivity index (χ2v) is 3.99. The minimum atomic E-state index is -0.428. The van der Waals surface area contributed by atoms with Crippen LogP contribution in [0, 0.1) is 5.92 Å². The normalized spacial score (nSPS) is 30.5. The fourth-order valence-corrected chi connectivity index (χ4v) is 1.70. The minimum Gasteiger partial charge on any atom is -0.393 e. The largest absolute Gasteiger partial charge is 0.393 e. The monoisotopic (exact) mass is 171 g/mol. The molecule has 1 amide bonds. The average Bonchev–Trinajstić information content (AvgIpc) is 1.81. The van der Waals surface area contributed by atoms with Crippen molar-refractivity contribution in [2.75, 3.05) is 0 Å². The quantitative estimate of drug-likeness (QED) is 0.641. The van der Waals surface area contributed by atoms with Crippen molar-refractivity contribution in [2.45, 2.75) is 45.3 Å². The highest BCUT2D eigenvalue weighted by Gasteiger charge is 2.24. The van der Waals surface area contributed by atoms with E-state index in [0.29, 0.717) is 12.3 Å². The Kier molecular flexibility index (Phi) is 3.09. The Labute approximate surface area is 73.2 Å². The van der Waals surface area contributed by atoms with Crippen LogP contribution in [0.1, 0.15) is 33.1 Å². The Morgan fingerprint density at radius 2 is 2.33 bits per heavy atom. The molecule has 0 aromatic carbocycles. The Morgan fingerprint density at radius 3 is 2.83 bits per heavy atom. The van der Waals surface area contributed by atoms with Crippen LogP contribution in [0.15, 0.2) is 0 Å². The van der Waals surface area contributed by atoms with Gasteiger partial charge in [0.1, 0.15) is 0 Å². The van der Waals surface area contributed by atoms with E-state index in [9.17, 15) is 9.90 Å². The molecule has 3 heteroatoms. The molecule has 0 aromatic heterocycles. The van der Waals surface area contributed by atoms with Gasteiger partial charge in [-0.2, -0.15) is 0 Å². The molecule has 1 fully saturated rings. The standard InChI is InChI=1S/C9H17NO2/c1-6(2)3-7-4-8(11)5-9(12)10-7/h6-8,11H,3-5H2,1-2H3,(H,10,12)/t7-,8?/m0/s1. The summed E-state index contributed by atoms with van der Waals surface area (Å²) in [5, 5.41) is 12.2. The van der Waals surface area contributed by atoms with Gasteiger partial charge in [0.15, 0.2) is 0 Å². The first-order chi connectivity index (χ1) is 5.58. The smallest absolute Gasteiger partial charge is 0.222 e. The topological polar surface area (TPSA) is 49.3 Å². The molecule has 70 valence electrons. The van der Waals surface area contributed by atoms with Crippen LogP contribution in [0.3, 0.4) is 0 Å². The lowest BCUT2D eigenvalue weighted by molar-refractivity contribution is -0.126. The van der Waals surface area contributed by atoms with Crippen molar-refractivity contribution >= 4 is 5.91 Å². The molecule has 2 N–H and O–H groups in total. The van der Waals surface area contributed by atoms with Crippen molar-refractivity contribution in [3.63, 3.8) is 0 Å². The van der Waals surface area contributed by atoms with Crippen LogP contribution in [0.25, 0.3) is 0 Å². The van der Waals surface area contributed by atoms with Crippen LogP contribution in [0.4, 0.5) is 0 Å². The highest BCUT2D eigenvalue weighted by Crippen LogP contribution is 2.15. The Hall–Kier alpha value is -0.570. The molecule has 0 bridgehead atoms.